The largest absolute Gasteiger partial charge is 0.381 e. The number of amides is 1. The molecule has 3 rings (SSSR count). The van der Waals surface area contributed by atoms with Gasteiger partial charge in [-0.05, 0) is 62.4 Å². The van der Waals surface area contributed by atoms with Gasteiger partial charge in [-0.1, -0.05) is 12.1 Å². The molecule has 0 saturated carbocycles. The molecule has 0 spiro atoms. The maximum Gasteiger partial charge on any atom is 0.230 e. The molecule has 1 amide bonds. The second-order valence-electron chi connectivity index (χ2n) is 6.62. The molecule has 24 heavy (non-hydrogen) atoms. The van der Waals surface area contributed by atoms with E-state index in [4.69, 9.17) is 4.74 Å². The van der Waals surface area contributed by atoms with Crippen molar-refractivity contribution in [2.24, 2.45) is 5.92 Å². The van der Waals surface area contributed by atoms with Crippen molar-refractivity contribution in [1.82, 2.24) is 10.6 Å². The maximum atomic E-state index is 13.2. The van der Waals surface area contributed by atoms with E-state index in [-0.39, 0.29) is 24.1 Å². The van der Waals surface area contributed by atoms with Crippen molar-refractivity contribution >= 4 is 18.3 Å². The van der Waals surface area contributed by atoms with Crippen molar-refractivity contribution in [2.75, 3.05) is 32.8 Å². The quantitative estimate of drug-likeness (QED) is 0.871. The smallest absolute Gasteiger partial charge is 0.230 e. The lowest BCUT2D eigenvalue weighted by Crippen LogP contribution is -2.50. The number of nitrogens with one attached hydrogen (secondary N) is 2. The summed E-state index contributed by atoms with van der Waals surface area (Å²) < 4.78 is 18.7. The Morgan fingerprint density at radius 2 is 2.00 bits per heavy atom. The molecule has 1 atom stereocenters. The number of carbonyl (C=O) groups is 1. The Kier molecular flexibility index (Phi) is 7.02. The Labute approximate surface area is 148 Å². The topological polar surface area (TPSA) is 50.4 Å². The summed E-state index contributed by atoms with van der Waals surface area (Å²) >= 11 is 0. The molecule has 1 unspecified atom stereocenters. The molecule has 0 bridgehead atoms. The second kappa shape index (κ2) is 8.79. The van der Waals surface area contributed by atoms with Crippen LogP contribution in [0.15, 0.2) is 24.3 Å². The Morgan fingerprint density at radius 1 is 1.29 bits per heavy atom. The van der Waals surface area contributed by atoms with E-state index in [1.165, 1.54) is 12.1 Å². The van der Waals surface area contributed by atoms with Gasteiger partial charge in [-0.15, -0.1) is 12.4 Å². The van der Waals surface area contributed by atoms with Crippen LogP contribution in [0.5, 0.6) is 0 Å². The van der Waals surface area contributed by atoms with Gasteiger partial charge in [-0.2, -0.15) is 0 Å². The molecular weight excluding hydrogens is 331 g/mol. The fourth-order valence-corrected chi connectivity index (χ4v) is 3.64. The molecule has 2 fully saturated rings. The van der Waals surface area contributed by atoms with Crippen molar-refractivity contribution < 1.29 is 13.9 Å². The number of piperidine rings is 1. The van der Waals surface area contributed by atoms with E-state index >= 15 is 0 Å². The number of carbonyl (C=O) groups excluding carboxylic acids is 1. The highest BCUT2D eigenvalue weighted by atomic mass is 35.5. The van der Waals surface area contributed by atoms with Gasteiger partial charge < -0.3 is 15.4 Å². The molecule has 4 nitrogen and oxygen atoms in total. The van der Waals surface area contributed by atoms with Gasteiger partial charge in [0, 0.05) is 19.8 Å². The third-order valence-electron chi connectivity index (χ3n) is 5.13. The van der Waals surface area contributed by atoms with E-state index in [9.17, 15) is 9.18 Å². The van der Waals surface area contributed by atoms with E-state index < -0.39 is 5.41 Å². The number of benzene rings is 1. The van der Waals surface area contributed by atoms with Crippen LogP contribution in [0, 0.1) is 11.7 Å². The highest BCUT2D eigenvalue weighted by Crippen LogP contribution is 2.35. The van der Waals surface area contributed by atoms with Crippen LogP contribution in [0.2, 0.25) is 0 Å². The maximum absolute atomic E-state index is 13.2. The van der Waals surface area contributed by atoms with Crippen molar-refractivity contribution in [1.29, 1.82) is 0 Å². The number of hydrogen-bond acceptors (Lipinski definition) is 3. The van der Waals surface area contributed by atoms with E-state index in [0.29, 0.717) is 38.5 Å². The fraction of sp³-hybridized carbons (Fsp3) is 0.611. The molecule has 1 aromatic carbocycles. The standard InChI is InChI=1S/C18H25FN2O2.ClH/c19-16-5-3-15(4-6-16)18(7-10-23-11-8-18)17(22)21-13-14-2-1-9-20-12-14;/h3-6,14,20H,1-2,7-13H2,(H,21,22);1H. The summed E-state index contributed by atoms with van der Waals surface area (Å²) in [5, 5.41) is 6.52. The number of halogens is 2. The third-order valence-corrected chi connectivity index (χ3v) is 5.13. The van der Waals surface area contributed by atoms with E-state index in [1.807, 2.05) is 0 Å². The summed E-state index contributed by atoms with van der Waals surface area (Å²) in [7, 11) is 0. The van der Waals surface area contributed by atoms with Crippen molar-refractivity contribution in [2.45, 2.75) is 31.1 Å². The van der Waals surface area contributed by atoms with E-state index in [2.05, 4.69) is 10.6 Å². The minimum Gasteiger partial charge on any atom is -0.381 e. The molecule has 2 N–H and O–H groups in total. The zero-order chi connectivity index (χ0) is 16.1. The molecule has 134 valence electrons. The van der Waals surface area contributed by atoms with Gasteiger partial charge in [0.2, 0.25) is 5.91 Å². The average Bonchev–Trinajstić information content (AvgIpc) is 2.61. The van der Waals surface area contributed by atoms with Gasteiger partial charge in [0.1, 0.15) is 5.82 Å². The number of ether oxygens (including phenoxy) is 1. The zero-order valence-corrected chi connectivity index (χ0v) is 14.7. The van der Waals surface area contributed by atoms with Crippen LogP contribution in [0.1, 0.15) is 31.2 Å². The summed E-state index contributed by atoms with van der Waals surface area (Å²) in [5.74, 6) is 0.278. The summed E-state index contributed by atoms with van der Waals surface area (Å²) in [6.45, 7) is 3.87. The summed E-state index contributed by atoms with van der Waals surface area (Å²) in [4.78, 5) is 13.0. The first kappa shape index (κ1) is 19.2. The van der Waals surface area contributed by atoms with Crippen LogP contribution in [-0.2, 0) is 14.9 Å². The Morgan fingerprint density at radius 3 is 2.62 bits per heavy atom. The molecule has 2 aliphatic rings. The summed E-state index contributed by atoms with van der Waals surface area (Å²) in [6, 6.07) is 6.35. The van der Waals surface area contributed by atoms with Gasteiger partial charge in [0.15, 0.2) is 0 Å². The molecule has 2 saturated heterocycles. The molecule has 2 aliphatic heterocycles. The third kappa shape index (κ3) is 4.26. The Balaban J connectivity index is 0.00000208. The van der Waals surface area contributed by atoms with Crippen molar-refractivity contribution in [3.05, 3.63) is 35.6 Å². The van der Waals surface area contributed by atoms with Gasteiger partial charge in [-0.25, -0.2) is 4.39 Å². The monoisotopic (exact) mass is 356 g/mol. The molecule has 0 aliphatic carbocycles. The Hall–Kier alpha value is -1.17. The zero-order valence-electron chi connectivity index (χ0n) is 13.9. The molecule has 2 heterocycles. The predicted molar refractivity (Wildman–Crippen MR) is 94.0 cm³/mol. The van der Waals surface area contributed by atoms with Crippen LogP contribution in [0.25, 0.3) is 0 Å². The average molecular weight is 357 g/mol. The number of hydrogen-bond donors (Lipinski definition) is 2. The lowest BCUT2D eigenvalue weighted by molar-refractivity contribution is -0.130. The molecule has 1 aromatic rings. The molecular formula is C18H26ClFN2O2. The van der Waals surface area contributed by atoms with Crippen LogP contribution < -0.4 is 10.6 Å². The first-order chi connectivity index (χ1) is 11.2. The van der Waals surface area contributed by atoms with Crippen LogP contribution >= 0.6 is 12.4 Å². The molecule has 6 heteroatoms. The van der Waals surface area contributed by atoms with E-state index in [1.54, 1.807) is 12.1 Å². The van der Waals surface area contributed by atoms with Crippen LogP contribution in [0.4, 0.5) is 4.39 Å². The highest BCUT2D eigenvalue weighted by Gasteiger charge is 2.41. The van der Waals surface area contributed by atoms with Gasteiger partial charge in [0.25, 0.3) is 0 Å². The van der Waals surface area contributed by atoms with Gasteiger partial charge >= 0.3 is 0 Å². The number of rotatable bonds is 4. The summed E-state index contributed by atoms with van der Waals surface area (Å²) in [6.07, 6.45) is 3.61. The minimum atomic E-state index is -0.589. The van der Waals surface area contributed by atoms with Crippen molar-refractivity contribution in [3.8, 4) is 0 Å². The molecule has 0 aromatic heterocycles. The Bertz CT molecular complexity index is 526. The van der Waals surface area contributed by atoms with E-state index in [0.717, 1.165) is 31.5 Å². The SMILES string of the molecule is Cl.O=C(NCC1CCCNC1)C1(c2ccc(F)cc2)CCOCC1. The predicted octanol–water partition coefficient (Wildman–Crippen LogP) is 2.41. The lowest BCUT2D eigenvalue weighted by Gasteiger charge is -2.37. The highest BCUT2D eigenvalue weighted by molar-refractivity contribution is 5.88. The van der Waals surface area contributed by atoms with Crippen LogP contribution in [0.3, 0.4) is 0 Å². The first-order valence-electron chi connectivity index (χ1n) is 8.53. The van der Waals surface area contributed by atoms with Gasteiger partial charge in [-0.3, -0.25) is 4.79 Å². The first-order valence-corrected chi connectivity index (χ1v) is 8.53. The minimum absolute atomic E-state index is 0. The van der Waals surface area contributed by atoms with Crippen LogP contribution in [-0.4, -0.2) is 38.8 Å². The van der Waals surface area contributed by atoms with Gasteiger partial charge in [0.05, 0.1) is 5.41 Å². The summed E-state index contributed by atoms with van der Waals surface area (Å²) in [5.41, 5.74) is 0.301. The second-order valence-corrected chi connectivity index (χ2v) is 6.62. The fourth-order valence-electron chi connectivity index (χ4n) is 3.64. The van der Waals surface area contributed by atoms with Crippen molar-refractivity contribution in [3.63, 3.8) is 0 Å². The lowest BCUT2D eigenvalue weighted by atomic mass is 9.73. The normalized spacial score (nSPS) is 23.1. The molecule has 0 radical (unpaired) electrons.